The highest BCUT2D eigenvalue weighted by molar-refractivity contribution is 6.31. The first kappa shape index (κ1) is 15.9. The van der Waals surface area contributed by atoms with Crippen molar-refractivity contribution < 1.29 is 8.78 Å². The largest absolute Gasteiger partial charge is 0.310 e. The smallest absolute Gasteiger partial charge is 0.130 e. The molecule has 1 aromatic carbocycles. The van der Waals surface area contributed by atoms with E-state index in [4.69, 9.17) is 11.6 Å². The van der Waals surface area contributed by atoms with Gasteiger partial charge in [0.05, 0.1) is 5.02 Å². The number of rotatable bonds is 5. The Morgan fingerprint density at radius 2 is 2.05 bits per heavy atom. The molecular formula is C16H17ClF2N2. The summed E-state index contributed by atoms with van der Waals surface area (Å²) >= 11 is 6.11. The minimum Gasteiger partial charge on any atom is -0.310 e. The molecule has 0 spiro atoms. The van der Waals surface area contributed by atoms with Crippen LogP contribution < -0.4 is 5.32 Å². The predicted octanol–water partition coefficient (Wildman–Crippen LogP) is 4.21. The normalized spacial score (nSPS) is 12.4. The summed E-state index contributed by atoms with van der Waals surface area (Å²) in [7, 11) is 0. The molecule has 5 heteroatoms. The molecule has 112 valence electrons. The van der Waals surface area contributed by atoms with E-state index < -0.39 is 11.6 Å². The van der Waals surface area contributed by atoms with E-state index in [0.717, 1.165) is 11.6 Å². The number of hydrogen-bond acceptors (Lipinski definition) is 2. The van der Waals surface area contributed by atoms with Crippen LogP contribution in [0.3, 0.4) is 0 Å². The van der Waals surface area contributed by atoms with Gasteiger partial charge in [0.25, 0.3) is 0 Å². The van der Waals surface area contributed by atoms with Gasteiger partial charge in [-0.2, -0.15) is 0 Å². The molecular weight excluding hydrogens is 294 g/mol. The van der Waals surface area contributed by atoms with E-state index in [1.807, 2.05) is 6.92 Å². The molecule has 0 aliphatic rings. The first-order valence-electron chi connectivity index (χ1n) is 6.80. The monoisotopic (exact) mass is 310 g/mol. The summed E-state index contributed by atoms with van der Waals surface area (Å²) in [4.78, 5) is 3.94. The van der Waals surface area contributed by atoms with Crippen LogP contribution in [-0.2, 0) is 6.42 Å². The highest BCUT2D eigenvalue weighted by Crippen LogP contribution is 2.26. The number of benzene rings is 1. The lowest BCUT2D eigenvalue weighted by Gasteiger charge is -2.20. The fraction of sp³-hybridized carbons (Fsp3) is 0.312. The van der Waals surface area contributed by atoms with Crippen molar-refractivity contribution in [2.45, 2.75) is 26.3 Å². The lowest BCUT2D eigenvalue weighted by Crippen LogP contribution is -2.24. The van der Waals surface area contributed by atoms with Gasteiger partial charge in [-0.05, 0) is 43.1 Å². The second-order valence-corrected chi connectivity index (χ2v) is 5.31. The molecule has 1 unspecified atom stereocenters. The van der Waals surface area contributed by atoms with Crippen LogP contribution in [-0.4, -0.2) is 11.5 Å². The SMILES string of the molecule is CCNC(Cc1ccncc1Cl)c1cc(C)c(F)cc1F. The molecule has 2 nitrogen and oxygen atoms in total. The van der Waals surface area contributed by atoms with Gasteiger partial charge in [0.2, 0.25) is 0 Å². The van der Waals surface area contributed by atoms with Gasteiger partial charge >= 0.3 is 0 Å². The zero-order chi connectivity index (χ0) is 15.4. The molecule has 0 fully saturated rings. The van der Waals surface area contributed by atoms with E-state index in [0.29, 0.717) is 29.1 Å². The van der Waals surface area contributed by atoms with Crippen LogP contribution in [0.2, 0.25) is 5.02 Å². The van der Waals surface area contributed by atoms with Crippen LogP contribution in [0.5, 0.6) is 0 Å². The van der Waals surface area contributed by atoms with E-state index in [-0.39, 0.29) is 6.04 Å². The van der Waals surface area contributed by atoms with E-state index in [1.54, 1.807) is 31.5 Å². The molecule has 1 heterocycles. The zero-order valence-electron chi connectivity index (χ0n) is 12.0. The van der Waals surface area contributed by atoms with Crippen LogP contribution in [0, 0.1) is 18.6 Å². The van der Waals surface area contributed by atoms with Crippen molar-refractivity contribution >= 4 is 11.6 Å². The Labute approximate surface area is 128 Å². The minimum absolute atomic E-state index is 0.269. The maximum Gasteiger partial charge on any atom is 0.130 e. The topological polar surface area (TPSA) is 24.9 Å². The molecule has 0 bridgehead atoms. The Hall–Kier alpha value is -1.52. The maximum absolute atomic E-state index is 14.1. The first-order chi connectivity index (χ1) is 10.0. The van der Waals surface area contributed by atoms with Crippen LogP contribution in [0.25, 0.3) is 0 Å². The third kappa shape index (κ3) is 3.77. The summed E-state index contributed by atoms with van der Waals surface area (Å²) in [6, 6.07) is 4.02. The van der Waals surface area contributed by atoms with Crippen molar-refractivity contribution in [2.75, 3.05) is 6.54 Å². The van der Waals surface area contributed by atoms with Gasteiger partial charge in [-0.1, -0.05) is 18.5 Å². The summed E-state index contributed by atoms with van der Waals surface area (Å²) in [5.74, 6) is -1.08. The van der Waals surface area contributed by atoms with Crippen molar-refractivity contribution in [3.63, 3.8) is 0 Å². The van der Waals surface area contributed by atoms with Crippen molar-refractivity contribution in [3.05, 3.63) is 63.9 Å². The van der Waals surface area contributed by atoms with E-state index >= 15 is 0 Å². The molecule has 1 aromatic heterocycles. The molecule has 0 amide bonds. The number of aryl methyl sites for hydroxylation is 1. The number of hydrogen-bond donors (Lipinski definition) is 1. The molecule has 1 atom stereocenters. The average Bonchev–Trinajstić information content (AvgIpc) is 2.45. The van der Waals surface area contributed by atoms with E-state index in [1.165, 1.54) is 0 Å². The molecule has 1 N–H and O–H groups in total. The Balaban J connectivity index is 2.35. The second kappa shape index (κ2) is 6.96. The molecule has 0 aliphatic carbocycles. The van der Waals surface area contributed by atoms with Crippen LogP contribution in [0.15, 0.2) is 30.6 Å². The third-order valence-electron chi connectivity index (χ3n) is 3.38. The van der Waals surface area contributed by atoms with Gasteiger partial charge in [-0.15, -0.1) is 0 Å². The lowest BCUT2D eigenvalue weighted by atomic mass is 9.97. The number of pyridine rings is 1. The quantitative estimate of drug-likeness (QED) is 0.894. The van der Waals surface area contributed by atoms with Gasteiger partial charge in [0.15, 0.2) is 0 Å². The van der Waals surface area contributed by atoms with Crippen molar-refractivity contribution in [1.82, 2.24) is 10.3 Å². The van der Waals surface area contributed by atoms with Crippen molar-refractivity contribution in [3.8, 4) is 0 Å². The molecule has 2 aromatic rings. The van der Waals surface area contributed by atoms with Crippen molar-refractivity contribution in [2.24, 2.45) is 0 Å². The fourth-order valence-electron chi connectivity index (χ4n) is 2.27. The Morgan fingerprint density at radius 1 is 1.29 bits per heavy atom. The number of nitrogens with one attached hydrogen (secondary N) is 1. The summed E-state index contributed by atoms with van der Waals surface area (Å²) in [6.07, 6.45) is 3.72. The van der Waals surface area contributed by atoms with Crippen LogP contribution >= 0.6 is 11.6 Å². The third-order valence-corrected chi connectivity index (χ3v) is 3.72. The maximum atomic E-state index is 14.1. The zero-order valence-corrected chi connectivity index (χ0v) is 12.7. The molecule has 0 aliphatic heterocycles. The highest BCUT2D eigenvalue weighted by Gasteiger charge is 2.18. The minimum atomic E-state index is -0.547. The molecule has 0 radical (unpaired) electrons. The Kier molecular flexibility index (Phi) is 5.26. The second-order valence-electron chi connectivity index (χ2n) is 4.90. The molecule has 2 rings (SSSR count). The van der Waals surface area contributed by atoms with Gasteiger partial charge < -0.3 is 5.32 Å². The summed E-state index contributed by atoms with van der Waals surface area (Å²) in [5, 5.41) is 3.76. The van der Waals surface area contributed by atoms with Crippen molar-refractivity contribution in [1.29, 1.82) is 0 Å². The Bertz CT molecular complexity index is 632. The molecule has 0 saturated carbocycles. The Morgan fingerprint density at radius 3 is 2.71 bits per heavy atom. The van der Waals surface area contributed by atoms with Crippen LogP contribution in [0.4, 0.5) is 8.78 Å². The van der Waals surface area contributed by atoms with Crippen LogP contribution in [0.1, 0.15) is 29.7 Å². The van der Waals surface area contributed by atoms with Gasteiger partial charge in [0, 0.05) is 30.1 Å². The first-order valence-corrected chi connectivity index (χ1v) is 7.18. The van der Waals surface area contributed by atoms with Gasteiger partial charge in [-0.3, -0.25) is 4.98 Å². The summed E-state index contributed by atoms with van der Waals surface area (Å²) in [5.41, 5.74) is 1.75. The number of halogens is 3. The average molecular weight is 311 g/mol. The number of likely N-dealkylation sites (N-methyl/N-ethyl adjacent to an activating group) is 1. The number of nitrogens with zero attached hydrogens (tertiary/aromatic N) is 1. The summed E-state index contributed by atoms with van der Waals surface area (Å²) in [6.45, 7) is 4.24. The highest BCUT2D eigenvalue weighted by atomic mass is 35.5. The van der Waals surface area contributed by atoms with E-state index in [9.17, 15) is 8.78 Å². The van der Waals surface area contributed by atoms with Gasteiger partial charge in [-0.25, -0.2) is 8.78 Å². The molecule has 21 heavy (non-hydrogen) atoms. The lowest BCUT2D eigenvalue weighted by molar-refractivity contribution is 0.500. The van der Waals surface area contributed by atoms with Gasteiger partial charge in [0.1, 0.15) is 11.6 Å². The fourth-order valence-corrected chi connectivity index (χ4v) is 2.47. The number of aromatic nitrogens is 1. The molecule has 0 saturated heterocycles. The van der Waals surface area contributed by atoms with E-state index in [2.05, 4.69) is 10.3 Å². The summed E-state index contributed by atoms with van der Waals surface area (Å²) < 4.78 is 27.5. The predicted molar refractivity (Wildman–Crippen MR) is 80.5 cm³/mol. The standard InChI is InChI=1S/C16H17ClF2N2/c1-3-21-16(7-11-4-5-20-9-13(11)17)12-6-10(2)14(18)8-15(12)19/h4-6,8-9,16,21H,3,7H2,1-2H3.